The molecule has 0 bridgehead atoms. The van der Waals surface area contributed by atoms with E-state index in [1.54, 1.807) is 17.7 Å². The highest BCUT2D eigenvalue weighted by atomic mass is 35.5. The fourth-order valence-corrected chi connectivity index (χ4v) is 1.89. The van der Waals surface area contributed by atoms with E-state index in [1.165, 1.54) is 0 Å². The second-order valence-corrected chi connectivity index (χ2v) is 4.19. The average molecular weight is 237 g/mol. The number of hydrogen-bond acceptors (Lipinski definition) is 2. The van der Waals surface area contributed by atoms with Gasteiger partial charge >= 0.3 is 0 Å². The highest BCUT2D eigenvalue weighted by Crippen LogP contribution is 2.25. The second-order valence-electron chi connectivity index (χ2n) is 3.78. The zero-order chi connectivity index (χ0) is 11.7. The van der Waals surface area contributed by atoms with Crippen molar-refractivity contribution in [2.75, 3.05) is 0 Å². The van der Waals surface area contributed by atoms with Gasteiger partial charge in [0.25, 0.3) is 0 Å². The van der Waals surface area contributed by atoms with E-state index in [-0.39, 0.29) is 0 Å². The summed E-state index contributed by atoms with van der Waals surface area (Å²) in [6.45, 7) is 3.63. The van der Waals surface area contributed by atoms with Gasteiger partial charge in [-0.2, -0.15) is 5.10 Å². The van der Waals surface area contributed by atoms with Gasteiger partial charge in [0.05, 0.1) is 17.5 Å². The molecule has 4 heteroatoms. The van der Waals surface area contributed by atoms with Gasteiger partial charge in [-0.05, 0) is 37.6 Å². The highest BCUT2D eigenvalue weighted by Gasteiger charge is 2.08. The lowest BCUT2D eigenvalue weighted by Gasteiger charge is -2.09. The Morgan fingerprint density at radius 2 is 2.12 bits per heavy atom. The molecule has 0 fully saturated rings. The zero-order valence-corrected chi connectivity index (χ0v) is 9.94. The molecule has 16 heavy (non-hydrogen) atoms. The SMILES string of the molecule is Cc1ccn(-c2ccc(C(C)O)c(Cl)c2)n1. The van der Waals surface area contributed by atoms with Gasteiger partial charge in [0.1, 0.15) is 0 Å². The third kappa shape index (κ3) is 2.10. The van der Waals surface area contributed by atoms with Crippen LogP contribution < -0.4 is 0 Å². The zero-order valence-electron chi connectivity index (χ0n) is 9.18. The number of halogens is 1. The minimum absolute atomic E-state index is 0.555. The Kier molecular flexibility index (Phi) is 2.99. The first-order valence-corrected chi connectivity index (χ1v) is 5.46. The molecule has 0 saturated heterocycles. The van der Waals surface area contributed by atoms with Crippen LogP contribution in [0.3, 0.4) is 0 Å². The molecule has 1 N–H and O–H groups in total. The standard InChI is InChI=1S/C12H13ClN2O/c1-8-5-6-15(14-8)10-3-4-11(9(2)16)12(13)7-10/h3-7,9,16H,1-2H3. The molecule has 3 nitrogen and oxygen atoms in total. The Morgan fingerprint density at radius 3 is 2.62 bits per heavy atom. The van der Waals surface area contributed by atoms with Gasteiger partial charge in [0.15, 0.2) is 0 Å². The molecule has 0 amide bonds. The summed E-state index contributed by atoms with van der Waals surface area (Å²) in [4.78, 5) is 0. The Hall–Kier alpha value is -1.32. The van der Waals surface area contributed by atoms with Crippen molar-refractivity contribution in [2.24, 2.45) is 0 Å². The van der Waals surface area contributed by atoms with Crippen molar-refractivity contribution in [3.63, 3.8) is 0 Å². The van der Waals surface area contributed by atoms with Crippen molar-refractivity contribution in [3.05, 3.63) is 46.7 Å². The number of rotatable bonds is 2. The Morgan fingerprint density at radius 1 is 1.38 bits per heavy atom. The third-order valence-corrected chi connectivity index (χ3v) is 2.75. The molecular weight excluding hydrogens is 224 g/mol. The van der Waals surface area contributed by atoms with E-state index < -0.39 is 6.10 Å². The summed E-state index contributed by atoms with van der Waals surface area (Å²) in [6, 6.07) is 7.44. The molecule has 0 aliphatic carbocycles. The van der Waals surface area contributed by atoms with Gasteiger partial charge in [0, 0.05) is 11.2 Å². The molecule has 0 saturated carbocycles. The normalized spacial score (nSPS) is 12.8. The molecule has 0 aliphatic heterocycles. The van der Waals surface area contributed by atoms with Crippen LogP contribution in [0.4, 0.5) is 0 Å². The predicted octanol–water partition coefficient (Wildman–Crippen LogP) is 2.89. The largest absolute Gasteiger partial charge is 0.389 e. The smallest absolute Gasteiger partial charge is 0.0776 e. The molecule has 0 radical (unpaired) electrons. The van der Waals surface area contributed by atoms with E-state index in [1.807, 2.05) is 31.3 Å². The Balaban J connectivity index is 2.42. The van der Waals surface area contributed by atoms with E-state index >= 15 is 0 Å². The number of benzene rings is 1. The van der Waals surface area contributed by atoms with Gasteiger partial charge in [-0.3, -0.25) is 0 Å². The Labute approximate surface area is 99.3 Å². The van der Waals surface area contributed by atoms with E-state index in [2.05, 4.69) is 5.10 Å². The number of hydrogen-bond donors (Lipinski definition) is 1. The van der Waals surface area contributed by atoms with E-state index in [4.69, 9.17) is 11.6 Å². The number of aryl methyl sites for hydroxylation is 1. The molecule has 0 aliphatic rings. The average Bonchev–Trinajstić information content (AvgIpc) is 2.64. The van der Waals surface area contributed by atoms with Crippen molar-refractivity contribution in [2.45, 2.75) is 20.0 Å². The van der Waals surface area contributed by atoms with Gasteiger partial charge < -0.3 is 5.11 Å². The van der Waals surface area contributed by atoms with Crippen molar-refractivity contribution < 1.29 is 5.11 Å². The molecule has 1 aromatic heterocycles. The third-order valence-electron chi connectivity index (χ3n) is 2.42. The van der Waals surface area contributed by atoms with Crippen LogP contribution in [0, 0.1) is 6.92 Å². The topological polar surface area (TPSA) is 38.0 Å². The van der Waals surface area contributed by atoms with E-state index in [0.29, 0.717) is 5.02 Å². The van der Waals surface area contributed by atoms with Crippen LogP contribution in [-0.2, 0) is 0 Å². The number of aliphatic hydroxyl groups is 1. The van der Waals surface area contributed by atoms with Crippen molar-refractivity contribution in [1.82, 2.24) is 9.78 Å². The summed E-state index contributed by atoms with van der Waals surface area (Å²) < 4.78 is 1.76. The molecule has 1 aromatic carbocycles. The van der Waals surface area contributed by atoms with Crippen LogP contribution >= 0.6 is 11.6 Å². The van der Waals surface area contributed by atoms with Crippen molar-refractivity contribution in [3.8, 4) is 5.69 Å². The molecule has 1 unspecified atom stereocenters. The monoisotopic (exact) mass is 236 g/mol. The molecule has 0 spiro atoms. The summed E-state index contributed by atoms with van der Waals surface area (Å²) in [7, 11) is 0. The lowest BCUT2D eigenvalue weighted by molar-refractivity contribution is 0.199. The number of aliphatic hydroxyl groups excluding tert-OH is 1. The van der Waals surface area contributed by atoms with E-state index in [0.717, 1.165) is 16.9 Å². The minimum atomic E-state index is -0.555. The van der Waals surface area contributed by atoms with Crippen LogP contribution in [0.15, 0.2) is 30.5 Å². The van der Waals surface area contributed by atoms with Crippen LogP contribution in [0.5, 0.6) is 0 Å². The van der Waals surface area contributed by atoms with Gasteiger partial charge in [0.2, 0.25) is 0 Å². The lowest BCUT2D eigenvalue weighted by atomic mass is 10.1. The Bertz CT molecular complexity index is 505. The molecule has 1 heterocycles. The maximum Gasteiger partial charge on any atom is 0.0776 e. The number of nitrogens with zero attached hydrogens (tertiary/aromatic N) is 2. The van der Waals surface area contributed by atoms with Crippen LogP contribution in [0.2, 0.25) is 5.02 Å². The first-order valence-electron chi connectivity index (χ1n) is 5.08. The maximum atomic E-state index is 9.46. The van der Waals surface area contributed by atoms with Crippen LogP contribution in [0.25, 0.3) is 5.69 Å². The van der Waals surface area contributed by atoms with Gasteiger partial charge in [-0.25, -0.2) is 4.68 Å². The van der Waals surface area contributed by atoms with E-state index in [9.17, 15) is 5.11 Å². The number of aromatic nitrogens is 2. The maximum absolute atomic E-state index is 9.46. The first-order chi connectivity index (χ1) is 7.58. The van der Waals surface area contributed by atoms with Gasteiger partial charge in [-0.15, -0.1) is 0 Å². The van der Waals surface area contributed by atoms with Crippen molar-refractivity contribution >= 4 is 11.6 Å². The predicted molar refractivity (Wildman–Crippen MR) is 63.9 cm³/mol. The molecular formula is C12H13ClN2O. The summed E-state index contributed by atoms with van der Waals surface area (Å²) in [5.41, 5.74) is 2.58. The highest BCUT2D eigenvalue weighted by molar-refractivity contribution is 6.31. The summed E-state index contributed by atoms with van der Waals surface area (Å²) >= 11 is 6.08. The first kappa shape index (κ1) is 11.2. The molecule has 84 valence electrons. The minimum Gasteiger partial charge on any atom is -0.389 e. The summed E-state index contributed by atoms with van der Waals surface area (Å²) in [6.07, 6.45) is 1.32. The van der Waals surface area contributed by atoms with Crippen molar-refractivity contribution in [1.29, 1.82) is 0 Å². The fourth-order valence-electron chi connectivity index (χ4n) is 1.56. The molecule has 2 aromatic rings. The molecule has 1 atom stereocenters. The summed E-state index contributed by atoms with van der Waals surface area (Å²) in [5.74, 6) is 0. The summed E-state index contributed by atoms with van der Waals surface area (Å²) in [5, 5.41) is 14.3. The fraction of sp³-hybridized carbons (Fsp3) is 0.250. The second kappa shape index (κ2) is 4.28. The molecule has 2 rings (SSSR count). The van der Waals surface area contributed by atoms with Crippen LogP contribution in [0.1, 0.15) is 24.3 Å². The quantitative estimate of drug-likeness (QED) is 0.871. The lowest BCUT2D eigenvalue weighted by Crippen LogP contribution is -1.98. The van der Waals surface area contributed by atoms with Gasteiger partial charge in [-0.1, -0.05) is 17.7 Å². The van der Waals surface area contributed by atoms with Crippen LogP contribution in [-0.4, -0.2) is 14.9 Å².